The predicted octanol–water partition coefficient (Wildman–Crippen LogP) is 1.31. The maximum atomic E-state index is 7.73. The summed E-state index contributed by atoms with van der Waals surface area (Å²) in [6.07, 6.45) is 0. The first-order valence-corrected chi connectivity index (χ1v) is 6.45. The van der Waals surface area contributed by atoms with E-state index >= 15 is 0 Å². The molecular weight excluding hydrogens is 356 g/mol. The second-order valence-electron chi connectivity index (χ2n) is 3.49. The number of ether oxygens (including phenoxy) is 1. The van der Waals surface area contributed by atoms with Gasteiger partial charge in [-0.2, -0.15) is 4.98 Å². The molecule has 8 heteroatoms. The molecule has 3 N–H and O–H groups in total. The Morgan fingerprint density at radius 1 is 1.41 bits per heavy atom. The molecule has 1 aliphatic rings. The van der Waals surface area contributed by atoms with Crippen LogP contribution >= 0.6 is 34.2 Å². The summed E-state index contributed by atoms with van der Waals surface area (Å²) in [7, 11) is 0. The molecule has 0 aliphatic carbocycles. The third kappa shape index (κ3) is 2.78. The molecule has 2 heterocycles. The monoisotopic (exact) mass is 367 g/mol. The Hall–Kier alpha value is -0.670. The lowest BCUT2D eigenvalue weighted by Crippen LogP contribution is -2.37. The van der Waals surface area contributed by atoms with Crippen LogP contribution < -0.4 is 10.6 Å². The summed E-state index contributed by atoms with van der Waals surface area (Å²) in [6.45, 7) is 2.69. The molecule has 0 atom stereocenters. The summed E-state index contributed by atoms with van der Waals surface area (Å²) in [5.74, 6) is 0.857. The highest BCUT2D eigenvalue weighted by atomic mass is 127. The molecule has 0 radical (unpaired) electrons. The van der Waals surface area contributed by atoms with E-state index in [4.69, 9.17) is 27.5 Å². The SMILES string of the molecule is N=C(I)c1c(N)nc(Cl)nc1N1CCOCC1. The van der Waals surface area contributed by atoms with E-state index in [-0.39, 0.29) is 11.1 Å². The molecule has 0 bridgehead atoms. The average molecular weight is 368 g/mol. The fraction of sp³-hybridized carbons (Fsp3) is 0.444. The van der Waals surface area contributed by atoms with Crippen molar-refractivity contribution in [2.24, 2.45) is 0 Å². The zero-order valence-electron chi connectivity index (χ0n) is 8.91. The smallest absolute Gasteiger partial charge is 0.226 e. The van der Waals surface area contributed by atoms with Crippen LogP contribution in [0.2, 0.25) is 5.28 Å². The minimum absolute atomic E-state index is 0.102. The van der Waals surface area contributed by atoms with Crippen molar-refractivity contribution in [2.45, 2.75) is 0 Å². The van der Waals surface area contributed by atoms with Crippen molar-refractivity contribution in [2.75, 3.05) is 36.9 Å². The van der Waals surface area contributed by atoms with Crippen LogP contribution in [0.15, 0.2) is 0 Å². The van der Waals surface area contributed by atoms with Gasteiger partial charge in [-0.1, -0.05) is 0 Å². The summed E-state index contributed by atoms with van der Waals surface area (Å²) >= 11 is 7.70. The van der Waals surface area contributed by atoms with Gasteiger partial charge in [-0.25, -0.2) is 4.98 Å². The summed E-state index contributed by atoms with van der Waals surface area (Å²) in [5, 5.41) is 7.83. The number of morpholine rings is 1. The Balaban J connectivity index is 2.46. The molecule has 17 heavy (non-hydrogen) atoms. The third-order valence-corrected chi connectivity index (χ3v) is 3.13. The maximum Gasteiger partial charge on any atom is 0.226 e. The van der Waals surface area contributed by atoms with Crippen LogP contribution in [0, 0.1) is 5.41 Å². The highest BCUT2D eigenvalue weighted by Crippen LogP contribution is 2.27. The van der Waals surface area contributed by atoms with E-state index in [0.29, 0.717) is 41.4 Å². The van der Waals surface area contributed by atoms with Gasteiger partial charge in [0.05, 0.1) is 18.8 Å². The minimum Gasteiger partial charge on any atom is -0.383 e. The fourth-order valence-electron chi connectivity index (χ4n) is 1.65. The molecular formula is C9H11ClIN5O. The third-order valence-electron chi connectivity index (χ3n) is 2.42. The first-order chi connectivity index (χ1) is 8.09. The lowest BCUT2D eigenvalue weighted by atomic mass is 10.2. The normalized spacial score (nSPS) is 16.0. The predicted molar refractivity (Wildman–Crippen MR) is 75.3 cm³/mol. The first-order valence-electron chi connectivity index (χ1n) is 4.99. The number of halogens is 2. The maximum absolute atomic E-state index is 7.73. The van der Waals surface area contributed by atoms with Gasteiger partial charge in [-0.15, -0.1) is 0 Å². The standard InChI is InChI=1S/C9H11ClIN5O/c10-9-14-7(13)5(6(11)12)8(15-9)16-1-3-17-4-2-16/h12H,1-4H2,(H2,13,14,15). The van der Waals surface area contributed by atoms with Crippen LogP contribution in [0.1, 0.15) is 5.56 Å². The van der Waals surface area contributed by atoms with Gasteiger partial charge in [0.1, 0.15) is 15.4 Å². The molecule has 1 aliphatic heterocycles. The van der Waals surface area contributed by atoms with Gasteiger partial charge in [-0.3, -0.25) is 5.41 Å². The van der Waals surface area contributed by atoms with Crippen LogP contribution in [0.25, 0.3) is 0 Å². The zero-order valence-corrected chi connectivity index (χ0v) is 11.8. The van der Waals surface area contributed by atoms with Crippen molar-refractivity contribution in [3.63, 3.8) is 0 Å². The van der Waals surface area contributed by atoms with E-state index in [9.17, 15) is 0 Å². The van der Waals surface area contributed by atoms with Crippen LogP contribution in [0.3, 0.4) is 0 Å². The Morgan fingerprint density at radius 3 is 2.65 bits per heavy atom. The molecule has 0 unspecified atom stereocenters. The van der Waals surface area contributed by atoms with Gasteiger partial charge in [0.25, 0.3) is 0 Å². The van der Waals surface area contributed by atoms with E-state index in [1.807, 2.05) is 27.5 Å². The molecule has 0 spiro atoms. The van der Waals surface area contributed by atoms with Crippen molar-refractivity contribution < 1.29 is 4.74 Å². The van der Waals surface area contributed by atoms with Gasteiger partial charge in [0.2, 0.25) is 5.28 Å². The van der Waals surface area contributed by atoms with E-state index in [0.717, 1.165) is 0 Å². The number of nitrogens with zero attached hydrogens (tertiary/aromatic N) is 3. The van der Waals surface area contributed by atoms with Crippen LogP contribution in [-0.2, 0) is 4.74 Å². The summed E-state index contributed by atoms with van der Waals surface area (Å²) in [6, 6.07) is 0. The van der Waals surface area contributed by atoms with Gasteiger partial charge < -0.3 is 15.4 Å². The highest BCUT2D eigenvalue weighted by Gasteiger charge is 2.21. The fourth-order valence-corrected chi connectivity index (χ4v) is 2.34. The Bertz CT molecular complexity index is 449. The molecule has 1 aromatic heterocycles. The molecule has 2 rings (SSSR count). The minimum atomic E-state index is 0.102. The Kier molecular flexibility index (Phi) is 4.00. The molecule has 92 valence electrons. The van der Waals surface area contributed by atoms with Gasteiger partial charge in [0.15, 0.2) is 0 Å². The van der Waals surface area contributed by atoms with Gasteiger partial charge in [0, 0.05) is 13.1 Å². The van der Waals surface area contributed by atoms with Crippen molar-refractivity contribution in [1.82, 2.24) is 9.97 Å². The lowest BCUT2D eigenvalue weighted by molar-refractivity contribution is 0.122. The van der Waals surface area contributed by atoms with Crippen molar-refractivity contribution in [3.05, 3.63) is 10.8 Å². The van der Waals surface area contributed by atoms with Crippen molar-refractivity contribution in [1.29, 1.82) is 5.41 Å². The Morgan fingerprint density at radius 2 is 2.06 bits per heavy atom. The lowest BCUT2D eigenvalue weighted by Gasteiger charge is -2.29. The largest absolute Gasteiger partial charge is 0.383 e. The van der Waals surface area contributed by atoms with Crippen molar-refractivity contribution in [3.8, 4) is 0 Å². The molecule has 1 aromatic rings. The number of rotatable bonds is 2. The molecule has 6 nitrogen and oxygen atoms in total. The van der Waals surface area contributed by atoms with Gasteiger partial charge >= 0.3 is 0 Å². The average Bonchev–Trinajstić information content (AvgIpc) is 2.28. The number of nitrogen functional groups attached to an aromatic ring is 1. The molecule has 1 saturated heterocycles. The van der Waals surface area contributed by atoms with Crippen LogP contribution in [0.5, 0.6) is 0 Å². The van der Waals surface area contributed by atoms with E-state index in [1.54, 1.807) is 0 Å². The zero-order chi connectivity index (χ0) is 12.4. The molecule has 0 amide bonds. The first kappa shape index (κ1) is 12.8. The molecule has 0 aromatic carbocycles. The molecule has 0 saturated carbocycles. The van der Waals surface area contributed by atoms with Crippen LogP contribution in [0.4, 0.5) is 11.6 Å². The Labute approximate surface area is 117 Å². The summed E-state index contributed by atoms with van der Waals surface area (Å²) < 4.78 is 5.58. The van der Waals surface area contributed by atoms with E-state index < -0.39 is 0 Å². The summed E-state index contributed by atoms with van der Waals surface area (Å²) in [4.78, 5) is 10.1. The number of hydrogen-bond donors (Lipinski definition) is 2. The summed E-state index contributed by atoms with van der Waals surface area (Å²) in [5.41, 5.74) is 6.33. The quantitative estimate of drug-likeness (QED) is 0.467. The second kappa shape index (κ2) is 5.32. The second-order valence-corrected chi connectivity index (χ2v) is 4.91. The van der Waals surface area contributed by atoms with E-state index in [2.05, 4.69) is 9.97 Å². The number of anilines is 2. The molecule has 1 fully saturated rings. The highest BCUT2D eigenvalue weighted by molar-refractivity contribution is 14.1. The van der Waals surface area contributed by atoms with Gasteiger partial charge in [-0.05, 0) is 34.2 Å². The number of hydrogen-bond acceptors (Lipinski definition) is 6. The van der Waals surface area contributed by atoms with Crippen molar-refractivity contribution >= 4 is 49.5 Å². The van der Waals surface area contributed by atoms with Crippen LogP contribution in [-0.4, -0.2) is 40.0 Å². The topological polar surface area (TPSA) is 88.1 Å². The number of nitrogens with one attached hydrogen (secondary N) is 1. The number of aromatic nitrogens is 2. The van der Waals surface area contributed by atoms with E-state index in [1.165, 1.54) is 0 Å². The number of nitrogens with two attached hydrogens (primary N) is 1.